The summed E-state index contributed by atoms with van der Waals surface area (Å²) in [6.45, 7) is 7.96. The Kier molecular flexibility index (Phi) is 7.23. The molecule has 1 atom stereocenters. The average Bonchev–Trinajstić information content (AvgIpc) is 2.99. The van der Waals surface area contributed by atoms with Crippen LogP contribution >= 0.6 is 0 Å². The number of amides is 1. The maximum atomic E-state index is 13.1. The highest BCUT2D eigenvalue weighted by Gasteiger charge is 2.43. The van der Waals surface area contributed by atoms with E-state index in [-0.39, 0.29) is 36.3 Å². The maximum Gasteiger partial charge on any atom is 0.290 e. The van der Waals surface area contributed by atoms with E-state index in [1.165, 1.54) is 4.90 Å². The van der Waals surface area contributed by atoms with E-state index in [1.807, 2.05) is 76.2 Å². The van der Waals surface area contributed by atoms with Crippen molar-refractivity contribution < 1.29 is 24.2 Å². The molecular formula is C26H31NO5. The van der Waals surface area contributed by atoms with Crippen LogP contribution in [0.5, 0.6) is 11.5 Å². The normalized spacial score (nSPS) is 16.3. The molecule has 0 fully saturated rings. The van der Waals surface area contributed by atoms with E-state index in [0.29, 0.717) is 11.5 Å². The number of benzene rings is 2. The van der Waals surface area contributed by atoms with Gasteiger partial charge in [0.25, 0.3) is 5.91 Å². The third-order valence-corrected chi connectivity index (χ3v) is 5.30. The van der Waals surface area contributed by atoms with Crippen molar-refractivity contribution >= 4 is 11.7 Å². The van der Waals surface area contributed by atoms with E-state index in [9.17, 15) is 14.7 Å². The summed E-state index contributed by atoms with van der Waals surface area (Å²) < 4.78 is 11.2. The second-order valence-electron chi connectivity index (χ2n) is 8.67. The number of carbonyl (C=O) groups excluding carboxylic acids is 2. The fourth-order valence-corrected chi connectivity index (χ4v) is 3.95. The number of nitrogens with zero attached hydrogens (tertiary/aromatic N) is 1. The van der Waals surface area contributed by atoms with Crippen LogP contribution in [-0.4, -0.2) is 34.9 Å². The van der Waals surface area contributed by atoms with E-state index >= 15 is 0 Å². The lowest BCUT2D eigenvalue weighted by atomic mass is 9.92. The smallest absolute Gasteiger partial charge is 0.290 e. The summed E-state index contributed by atoms with van der Waals surface area (Å²) in [5.74, 6) is 0.187. The lowest BCUT2D eigenvalue weighted by molar-refractivity contribution is -0.130. The second-order valence-corrected chi connectivity index (χ2v) is 8.67. The molecule has 1 heterocycles. The van der Waals surface area contributed by atoms with Gasteiger partial charge in [0.05, 0.1) is 31.4 Å². The van der Waals surface area contributed by atoms with E-state index in [1.54, 1.807) is 7.11 Å². The summed E-state index contributed by atoms with van der Waals surface area (Å²) in [4.78, 5) is 27.7. The van der Waals surface area contributed by atoms with Crippen molar-refractivity contribution in [2.24, 2.45) is 5.92 Å². The number of carbonyl (C=O) groups is 2. The monoisotopic (exact) mass is 437 g/mol. The van der Waals surface area contributed by atoms with Gasteiger partial charge in [0.15, 0.2) is 11.5 Å². The summed E-state index contributed by atoms with van der Waals surface area (Å²) in [5, 5.41) is 10.7. The Balaban J connectivity index is 2.03. The molecule has 1 aliphatic rings. The zero-order chi connectivity index (χ0) is 23.4. The van der Waals surface area contributed by atoms with Crippen molar-refractivity contribution in [2.45, 2.75) is 52.8 Å². The molecule has 0 saturated carbocycles. The van der Waals surface area contributed by atoms with E-state index in [2.05, 4.69) is 0 Å². The minimum absolute atomic E-state index is 0.0306. The summed E-state index contributed by atoms with van der Waals surface area (Å²) >= 11 is 0. The summed E-state index contributed by atoms with van der Waals surface area (Å²) in [6.07, 6.45) is 0.281. The third-order valence-electron chi connectivity index (χ3n) is 5.30. The van der Waals surface area contributed by atoms with Gasteiger partial charge in [-0.2, -0.15) is 0 Å². The molecule has 3 rings (SSSR count). The van der Waals surface area contributed by atoms with Gasteiger partial charge in [-0.05, 0) is 43.5 Å². The molecule has 0 spiro atoms. The number of aliphatic hydroxyl groups excluding tert-OH is 1. The minimum atomic E-state index is -0.688. The first-order valence-corrected chi connectivity index (χ1v) is 10.9. The zero-order valence-corrected chi connectivity index (χ0v) is 19.3. The van der Waals surface area contributed by atoms with Gasteiger partial charge in [0.2, 0.25) is 0 Å². The topological polar surface area (TPSA) is 76.1 Å². The number of Topliss-reactive ketones (excluding diaryl/α,β-unsaturated/α-hetero) is 1. The molecule has 2 aromatic rings. The SMILES string of the molecule is COc1ccccc1CN1C(=O)C(O)=C(C(=O)CC(C)C)C1c1ccc(OC(C)C)cc1. The van der Waals surface area contributed by atoms with Crippen LogP contribution in [0, 0.1) is 5.92 Å². The van der Waals surface area contributed by atoms with Crippen molar-refractivity contribution in [3.63, 3.8) is 0 Å². The van der Waals surface area contributed by atoms with Crippen molar-refractivity contribution in [3.8, 4) is 11.5 Å². The van der Waals surface area contributed by atoms with Gasteiger partial charge >= 0.3 is 0 Å². The molecule has 6 heteroatoms. The molecule has 1 unspecified atom stereocenters. The first-order valence-electron chi connectivity index (χ1n) is 10.9. The van der Waals surface area contributed by atoms with Crippen LogP contribution < -0.4 is 9.47 Å². The number of ketones is 1. The summed E-state index contributed by atoms with van der Waals surface area (Å²) in [6, 6.07) is 14.0. The number of rotatable bonds is 9. The molecule has 1 aliphatic heterocycles. The van der Waals surface area contributed by atoms with E-state index < -0.39 is 17.7 Å². The molecule has 0 aromatic heterocycles. The lowest BCUT2D eigenvalue weighted by Crippen LogP contribution is -2.31. The number of ether oxygens (including phenoxy) is 2. The summed E-state index contributed by atoms with van der Waals surface area (Å²) in [7, 11) is 1.57. The van der Waals surface area contributed by atoms with Crippen LogP contribution in [0.25, 0.3) is 0 Å². The minimum Gasteiger partial charge on any atom is -0.503 e. The highest BCUT2D eigenvalue weighted by atomic mass is 16.5. The Hall–Kier alpha value is -3.28. The standard InChI is InChI=1S/C26H31NO5/c1-16(2)14-21(28)23-24(18-10-12-20(13-11-18)32-17(3)4)27(26(30)25(23)29)15-19-8-6-7-9-22(19)31-5/h6-13,16-17,24,29H,14-15H2,1-5H3. The van der Waals surface area contributed by atoms with Gasteiger partial charge in [-0.1, -0.05) is 44.2 Å². The van der Waals surface area contributed by atoms with Gasteiger partial charge in [-0.25, -0.2) is 0 Å². The number of hydrogen-bond acceptors (Lipinski definition) is 5. The van der Waals surface area contributed by atoms with Crippen molar-refractivity contribution in [1.29, 1.82) is 0 Å². The predicted octanol–water partition coefficient (Wildman–Crippen LogP) is 4.99. The number of hydrogen-bond donors (Lipinski definition) is 1. The molecule has 170 valence electrons. The van der Waals surface area contributed by atoms with Gasteiger partial charge in [0.1, 0.15) is 11.5 Å². The maximum absolute atomic E-state index is 13.1. The Morgan fingerprint density at radius 2 is 1.72 bits per heavy atom. The molecule has 6 nitrogen and oxygen atoms in total. The number of methoxy groups -OCH3 is 1. The van der Waals surface area contributed by atoms with E-state index in [4.69, 9.17) is 9.47 Å². The molecule has 32 heavy (non-hydrogen) atoms. The molecule has 0 bridgehead atoms. The van der Waals surface area contributed by atoms with Crippen LogP contribution in [-0.2, 0) is 16.1 Å². The van der Waals surface area contributed by atoms with Crippen molar-refractivity contribution in [3.05, 3.63) is 71.0 Å². The van der Waals surface area contributed by atoms with E-state index in [0.717, 1.165) is 11.1 Å². The summed E-state index contributed by atoms with van der Waals surface area (Å²) in [5.41, 5.74) is 1.68. The van der Waals surface area contributed by atoms with Crippen LogP contribution in [0.1, 0.15) is 51.3 Å². The van der Waals surface area contributed by atoms with Crippen molar-refractivity contribution in [1.82, 2.24) is 4.90 Å². The molecular weight excluding hydrogens is 406 g/mol. The molecule has 2 aromatic carbocycles. The molecule has 1 N–H and O–H groups in total. The second kappa shape index (κ2) is 9.90. The quantitative estimate of drug-likeness (QED) is 0.598. The molecule has 1 amide bonds. The first kappa shape index (κ1) is 23.4. The van der Waals surface area contributed by atoms with Crippen LogP contribution in [0.2, 0.25) is 0 Å². The molecule has 0 radical (unpaired) electrons. The molecule has 0 saturated heterocycles. The predicted molar refractivity (Wildman–Crippen MR) is 123 cm³/mol. The highest BCUT2D eigenvalue weighted by Crippen LogP contribution is 2.40. The largest absolute Gasteiger partial charge is 0.503 e. The van der Waals surface area contributed by atoms with Gasteiger partial charge in [-0.3, -0.25) is 9.59 Å². The average molecular weight is 438 g/mol. The third kappa shape index (κ3) is 4.96. The van der Waals surface area contributed by atoms with Crippen LogP contribution in [0.4, 0.5) is 0 Å². The lowest BCUT2D eigenvalue weighted by Gasteiger charge is -2.28. The first-order chi connectivity index (χ1) is 15.2. The van der Waals surface area contributed by atoms with Gasteiger partial charge < -0.3 is 19.5 Å². The Labute approximate surface area is 189 Å². The van der Waals surface area contributed by atoms with Gasteiger partial charge in [-0.15, -0.1) is 0 Å². The van der Waals surface area contributed by atoms with Crippen molar-refractivity contribution in [2.75, 3.05) is 7.11 Å². The Bertz CT molecular complexity index is 1010. The fourth-order valence-electron chi connectivity index (χ4n) is 3.95. The highest BCUT2D eigenvalue weighted by molar-refractivity contribution is 6.09. The van der Waals surface area contributed by atoms with Crippen LogP contribution in [0.3, 0.4) is 0 Å². The number of para-hydroxylation sites is 1. The Morgan fingerprint density at radius 1 is 1.06 bits per heavy atom. The Morgan fingerprint density at radius 3 is 2.31 bits per heavy atom. The fraction of sp³-hybridized carbons (Fsp3) is 0.385. The zero-order valence-electron chi connectivity index (χ0n) is 19.3. The van der Waals surface area contributed by atoms with Crippen LogP contribution in [0.15, 0.2) is 59.9 Å². The van der Waals surface area contributed by atoms with Gasteiger partial charge in [0, 0.05) is 12.0 Å². The molecule has 0 aliphatic carbocycles. The number of aliphatic hydroxyl groups is 1.